The lowest BCUT2D eigenvalue weighted by Crippen LogP contribution is -2.00. The van der Waals surface area contributed by atoms with E-state index in [4.69, 9.17) is 5.11 Å². The highest BCUT2D eigenvalue weighted by molar-refractivity contribution is 7.15. The number of carboxylic acids is 1. The van der Waals surface area contributed by atoms with E-state index in [1.165, 1.54) is 21.1 Å². The van der Waals surface area contributed by atoms with E-state index in [1.807, 2.05) is 0 Å². The third-order valence-corrected chi connectivity index (χ3v) is 4.14. The molecule has 17 heavy (non-hydrogen) atoms. The molecule has 0 aliphatic carbocycles. The van der Waals surface area contributed by atoms with Crippen LogP contribution < -0.4 is 5.32 Å². The number of nitrogens with zero attached hydrogens (tertiary/aromatic N) is 1. The molecule has 0 aliphatic rings. The second-order valence-corrected chi connectivity index (χ2v) is 6.17. The number of aromatic nitrogens is 1. The Bertz CT molecular complexity index is 545. The molecule has 0 radical (unpaired) electrons. The smallest absolute Gasteiger partial charge is 0.355 e. The van der Waals surface area contributed by atoms with Crippen LogP contribution in [0.3, 0.4) is 0 Å². The minimum Gasteiger partial charge on any atom is -0.476 e. The van der Waals surface area contributed by atoms with Crippen molar-refractivity contribution in [3.05, 3.63) is 32.5 Å². The number of carboxylic acid groups (broad SMARTS) is 1. The number of aromatic carboxylic acids is 1. The van der Waals surface area contributed by atoms with Crippen molar-refractivity contribution in [1.82, 2.24) is 4.98 Å². The molecule has 0 unspecified atom stereocenters. The second-order valence-electron chi connectivity index (χ2n) is 3.59. The van der Waals surface area contributed by atoms with Gasteiger partial charge in [-0.25, -0.2) is 9.78 Å². The van der Waals surface area contributed by atoms with Crippen LogP contribution in [0.5, 0.6) is 0 Å². The van der Waals surface area contributed by atoms with Gasteiger partial charge in [0.25, 0.3) is 0 Å². The third kappa shape index (κ3) is 2.83. The molecule has 0 aliphatic heterocycles. The van der Waals surface area contributed by atoms with Gasteiger partial charge in [-0.1, -0.05) is 0 Å². The van der Waals surface area contributed by atoms with E-state index >= 15 is 0 Å². The Hall–Kier alpha value is -1.40. The van der Waals surface area contributed by atoms with Crippen molar-refractivity contribution in [2.24, 2.45) is 0 Å². The summed E-state index contributed by atoms with van der Waals surface area (Å²) >= 11 is 3.09. The number of thiophene rings is 1. The Morgan fingerprint density at radius 3 is 2.71 bits per heavy atom. The molecule has 0 saturated carbocycles. The zero-order valence-corrected chi connectivity index (χ0v) is 11.1. The van der Waals surface area contributed by atoms with Gasteiger partial charge < -0.3 is 10.4 Å². The molecule has 90 valence electrons. The molecule has 2 aromatic heterocycles. The van der Waals surface area contributed by atoms with Gasteiger partial charge in [0.2, 0.25) is 0 Å². The summed E-state index contributed by atoms with van der Waals surface area (Å²) in [4.78, 5) is 18.1. The molecule has 0 aromatic carbocycles. The first-order valence-corrected chi connectivity index (χ1v) is 6.69. The van der Waals surface area contributed by atoms with Crippen LogP contribution in [0.4, 0.5) is 5.13 Å². The van der Waals surface area contributed by atoms with Gasteiger partial charge in [0.1, 0.15) is 0 Å². The number of hydrogen-bond donors (Lipinski definition) is 2. The monoisotopic (exact) mass is 268 g/mol. The molecule has 2 heterocycles. The van der Waals surface area contributed by atoms with Gasteiger partial charge in [0, 0.05) is 14.6 Å². The highest BCUT2D eigenvalue weighted by atomic mass is 32.1. The molecule has 0 atom stereocenters. The predicted octanol–water partition coefficient (Wildman–Crippen LogP) is 3.13. The summed E-state index contributed by atoms with van der Waals surface area (Å²) in [6.45, 7) is 4.51. The van der Waals surface area contributed by atoms with Crippen molar-refractivity contribution in [2.75, 3.05) is 5.32 Å². The van der Waals surface area contributed by atoms with Gasteiger partial charge >= 0.3 is 5.97 Å². The molecular formula is C11H12N2O2S2. The Morgan fingerprint density at radius 2 is 2.18 bits per heavy atom. The van der Waals surface area contributed by atoms with E-state index in [9.17, 15) is 4.79 Å². The number of nitrogens with one attached hydrogen (secondary N) is 1. The Labute approximate surface area is 107 Å². The number of thiazole rings is 1. The summed E-state index contributed by atoms with van der Waals surface area (Å²) in [5, 5.41) is 12.7. The average molecular weight is 268 g/mol. The Balaban J connectivity index is 2.04. The van der Waals surface area contributed by atoms with Crippen LogP contribution in [0.1, 0.15) is 25.1 Å². The van der Waals surface area contributed by atoms with E-state index in [2.05, 4.69) is 29.4 Å². The Morgan fingerprint density at radius 1 is 1.41 bits per heavy atom. The summed E-state index contributed by atoms with van der Waals surface area (Å²) < 4.78 is 0. The van der Waals surface area contributed by atoms with Crippen LogP contribution in [-0.2, 0) is 6.54 Å². The van der Waals surface area contributed by atoms with Gasteiger partial charge in [-0.3, -0.25) is 0 Å². The Kier molecular flexibility index (Phi) is 3.44. The maximum absolute atomic E-state index is 10.8. The lowest BCUT2D eigenvalue weighted by atomic mass is 10.4. The number of hydrogen-bond acceptors (Lipinski definition) is 5. The average Bonchev–Trinajstić information content (AvgIpc) is 2.82. The van der Waals surface area contributed by atoms with Crippen molar-refractivity contribution in [3.63, 3.8) is 0 Å². The second kappa shape index (κ2) is 4.85. The fourth-order valence-corrected chi connectivity index (χ4v) is 3.04. The molecule has 4 nitrogen and oxygen atoms in total. The fourth-order valence-electron chi connectivity index (χ4n) is 1.41. The van der Waals surface area contributed by atoms with Gasteiger partial charge in [-0.2, -0.15) is 0 Å². The van der Waals surface area contributed by atoms with Crippen LogP contribution in [-0.4, -0.2) is 16.1 Å². The first-order chi connectivity index (χ1) is 8.06. The van der Waals surface area contributed by atoms with E-state index in [1.54, 1.807) is 18.3 Å². The molecule has 0 saturated heterocycles. The summed E-state index contributed by atoms with van der Waals surface area (Å²) in [6.07, 6.45) is 0. The molecule has 0 fully saturated rings. The number of rotatable bonds is 4. The SMILES string of the molecule is Cc1ccc(CNc2nc(C(=O)O)c(C)s2)s1. The van der Waals surface area contributed by atoms with Crippen molar-refractivity contribution in [2.45, 2.75) is 20.4 Å². The van der Waals surface area contributed by atoms with Crippen LogP contribution >= 0.6 is 22.7 Å². The van der Waals surface area contributed by atoms with Crippen molar-refractivity contribution in [1.29, 1.82) is 0 Å². The summed E-state index contributed by atoms with van der Waals surface area (Å²) in [7, 11) is 0. The molecular weight excluding hydrogens is 256 g/mol. The quantitative estimate of drug-likeness (QED) is 0.894. The van der Waals surface area contributed by atoms with E-state index < -0.39 is 5.97 Å². The van der Waals surface area contributed by atoms with Crippen LogP contribution in [0, 0.1) is 13.8 Å². The number of carbonyl (C=O) groups is 1. The zero-order chi connectivity index (χ0) is 12.4. The molecule has 0 spiro atoms. The topological polar surface area (TPSA) is 62.2 Å². The number of aryl methyl sites for hydroxylation is 2. The standard InChI is InChI=1S/C11H12N2O2S2/c1-6-3-4-8(16-6)5-12-11-13-9(10(14)15)7(2)17-11/h3-4H,5H2,1-2H3,(H,12,13)(H,14,15). The lowest BCUT2D eigenvalue weighted by Gasteiger charge is -1.98. The molecule has 0 amide bonds. The lowest BCUT2D eigenvalue weighted by molar-refractivity contribution is 0.0690. The van der Waals surface area contributed by atoms with Crippen LogP contribution in [0.2, 0.25) is 0 Å². The van der Waals surface area contributed by atoms with Crippen LogP contribution in [0.15, 0.2) is 12.1 Å². The molecule has 2 aromatic rings. The summed E-state index contributed by atoms with van der Waals surface area (Å²) in [5.41, 5.74) is 0.139. The zero-order valence-electron chi connectivity index (χ0n) is 9.48. The number of anilines is 1. The highest BCUT2D eigenvalue weighted by Gasteiger charge is 2.13. The minimum atomic E-state index is -0.973. The largest absolute Gasteiger partial charge is 0.476 e. The first-order valence-electron chi connectivity index (χ1n) is 5.06. The van der Waals surface area contributed by atoms with E-state index in [0.29, 0.717) is 11.7 Å². The van der Waals surface area contributed by atoms with Gasteiger partial charge in [0.15, 0.2) is 10.8 Å². The first kappa shape index (κ1) is 12.1. The molecule has 2 N–H and O–H groups in total. The highest BCUT2D eigenvalue weighted by Crippen LogP contribution is 2.23. The van der Waals surface area contributed by atoms with E-state index in [0.717, 1.165) is 4.88 Å². The van der Waals surface area contributed by atoms with Crippen molar-refractivity contribution >= 4 is 33.8 Å². The third-order valence-electron chi connectivity index (χ3n) is 2.21. The van der Waals surface area contributed by atoms with E-state index in [-0.39, 0.29) is 5.69 Å². The maximum Gasteiger partial charge on any atom is 0.355 e. The van der Waals surface area contributed by atoms with Crippen molar-refractivity contribution < 1.29 is 9.90 Å². The summed E-state index contributed by atoms with van der Waals surface area (Å²) in [5.74, 6) is -0.973. The normalized spacial score (nSPS) is 10.5. The molecule has 2 rings (SSSR count). The van der Waals surface area contributed by atoms with Gasteiger partial charge in [-0.15, -0.1) is 22.7 Å². The molecule has 6 heteroatoms. The predicted molar refractivity (Wildman–Crippen MR) is 70.2 cm³/mol. The molecule has 0 bridgehead atoms. The van der Waals surface area contributed by atoms with Crippen molar-refractivity contribution in [3.8, 4) is 0 Å². The maximum atomic E-state index is 10.8. The van der Waals surface area contributed by atoms with Crippen LogP contribution in [0.25, 0.3) is 0 Å². The van der Waals surface area contributed by atoms with Gasteiger partial charge in [0.05, 0.1) is 6.54 Å². The fraction of sp³-hybridized carbons (Fsp3) is 0.273. The van der Waals surface area contributed by atoms with Gasteiger partial charge in [-0.05, 0) is 26.0 Å². The summed E-state index contributed by atoms with van der Waals surface area (Å²) in [6, 6.07) is 4.13. The minimum absolute atomic E-state index is 0.139.